The molecule has 7 nitrogen and oxygen atoms in total. The highest BCUT2D eigenvalue weighted by molar-refractivity contribution is 7.94. The van der Waals surface area contributed by atoms with Gasteiger partial charge in [0.1, 0.15) is 0 Å². The lowest BCUT2D eigenvalue weighted by atomic mass is 10.2. The van der Waals surface area contributed by atoms with E-state index < -0.39 is 15.9 Å². The minimum atomic E-state index is -3.98. The van der Waals surface area contributed by atoms with Crippen LogP contribution in [-0.2, 0) is 14.8 Å². The van der Waals surface area contributed by atoms with Crippen molar-refractivity contribution in [2.45, 2.75) is 11.8 Å². The predicted octanol–water partition coefficient (Wildman–Crippen LogP) is 5.14. The molecule has 3 rings (SSSR count). The van der Waals surface area contributed by atoms with Gasteiger partial charge in [0.2, 0.25) is 15.9 Å². The van der Waals surface area contributed by atoms with Gasteiger partial charge in [-0.15, -0.1) is 0 Å². The summed E-state index contributed by atoms with van der Waals surface area (Å²) in [6.07, 6.45) is 4.29. The summed E-state index contributed by atoms with van der Waals surface area (Å²) >= 11 is 11.9. The lowest BCUT2D eigenvalue weighted by molar-refractivity contribution is -0.111. The van der Waals surface area contributed by atoms with Gasteiger partial charge in [-0.1, -0.05) is 35.3 Å². The molecule has 0 aliphatic carbocycles. The lowest BCUT2D eigenvalue weighted by Crippen LogP contribution is -2.08. The van der Waals surface area contributed by atoms with Gasteiger partial charge in [-0.3, -0.25) is 9.52 Å². The molecular formula is C20H15Cl2N4O3S-. The molecule has 1 N–H and O–H groups in total. The van der Waals surface area contributed by atoms with Crippen LogP contribution in [0.5, 0.6) is 0 Å². The summed E-state index contributed by atoms with van der Waals surface area (Å²) < 4.78 is 28.4. The third kappa shape index (κ3) is 5.79. The molecule has 0 aliphatic rings. The SMILES string of the molecule is Cc1ccnc([N-]S(=O)(=O)c2ccc(NC(=O)C=Cc3ccc(Cl)cc3Cl)cc2)n1. The summed E-state index contributed by atoms with van der Waals surface area (Å²) in [5.41, 5.74) is 1.65. The fraction of sp³-hybridized carbons (Fsp3) is 0.0500. The molecule has 0 fully saturated rings. The van der Waals surface area contributed by atoms with Crippen molar-refractivity contribution in [1.29, 1.82) is 0 Å². The van der Waals surface area contributed by atoms with Crippen molar-refractivity contribution in [1.82, 2.24) is 9.97 Å². The van der Waals surface area contributed by atoms with Crippen molar-refractivity contribution >= 4 is 56.8 Å². The van der Waals surface area contributed by atoms with E-state index in [-0.39, 0.29) is 10.8 Å². The molecule has 2 aromatic carbocycles. The van der Waals surface area contributed by atoms with E-state index in [9.17, 15) is 13.2 Å². The molecule has 10 heteroatoms. The third-order valence-electron chi connectivity index (χ3n) is 3.78. The second-order valence-electron chi connectivity index (χ2n) is 6.08. The van der Waals surface area contributed by atoms with Crippen LogP contribution in [-0.4, -0.2) is 24.3 Å². The topological polar surface area (TPSA) is 103 Å². The molecule has 1 heterocycles. The summed E-state index contributed by atoms with van der Waals surface area (Å²) in [5.74, 6) is -0.548. The molecule has 0 unspecified atom stereocenters. The van der Waals surface area contributed by atoms with Gasteiger partial charge in [0.25, 0.3) is 0 Å². The third-order valence-corrected chi connectivity index (χ3v) is 5.61. The maximum atomic E-state index is 12.4. The number of carbonyl (C=O) groups is 1. The molecule has 0 radical (unpaired) electrons. The maximum Gasteiger partial charge on any atom is 0.248 e. The highest BCUT2D eigenvalue weighted by atomic mass is 35.5. The van der Waals surface area contributed by atoms with Gasteiger partial charge in [-0.2, -0.15) is 0 Å². The summed E-state index contributed by atoms with van der Waals surface area (Å²) in [6, 6.07) is 12.2. The van der Waals surface area contributed by atoms with Gasteiger partial charge in [0.15, 0.2) is 0 Å². The van der Waals surface area contributed by atoms with Crippen molar-refractivity contribution in [2.75, 3.05) is 5.32 Å². The van der Waals surface area contributed by atoms with E-state index in [1.165, 1.54) is 36.5 Å². The van der Waals surface area contributed by atoms with E-state index in [1.54, 1.807) is 37.3 Å². The summed E-state index contributed by atoms with van der Waals surface area (Å²) in [4.78, 5) is 19.8. The molecule has 3 aromatic rings. The summed E-state index contributed by atoms with van der Waals surface area (Å²) in [7, 11) is -3.98. The second kappa shape index (κ2) is 9.25. The van der Waals surface area contributed by atoms with Crippen molar-refractivity contribution in [3.8, 4) is 0 Å². The first kappa shape index (κ1) is 21.8. The first-order valence-electron chi connectivity index (χ1n) is 8.55. The van der Waals surface area contributed by atoms with Gasteiger partial charge in [-0.05, 0) is 66.9 Å². The Morgan fingerprint density at radius 2 is 1.83 bits per heavy atom. The fourth-order valence-corrected chi connectivity index (χ4v) is 3.70. The summed E-state index contributed by atoms with van der Waals surface area (Å²) in [5, 5.41) is 3.55. The molecule has 1 aromatic heterocycles. The van der Waals surface area contributed by atoms with Gasteiger partial charge in [0, 0.05) is 27.8 Å². The standard InChI is InChI=1S/C20H16Cl2N4O3S/c1-13-10-11-23-20(24-13)26-30(28,29)17-7-5-16(6-8-17)25-19(27)9-3-14-2-4-15(21)12-18(14)22/h2-12H,1H3,(H2,23,24,25,26,27)/p-1. The molecular weight excluding hydrogens is 447 g/mol. The summed E-state index contributed by atoms with van der Waals surface area (Å²) in [6.45, 7) is 1.71. The number of carbonyl (C=O) groups excluding carboxylic acids is 1. The molecule has 0 saturated heterocycles. The van der Waals surface area contributed by atoms with E-state index >= 15 is 0 Å². The zero-order valence-electron chi connectivity index (χ0n) is 15.6. The number of amides is 1. The predicted molar refractivity (Wildman–Crippen MR) is 118 cm³/mol. The van der Waals surface area contributed by atoms with Crippen molar-refractivity contribution in [3.63, 3.8) is 0 Å². The van der Waals surface area contributed by atoms with E-state index in [0.29, 0.717) is 27.0 Å². The fourth-order valence-electron chi connectivity index (χ4n) is 2.34. The van der Waals surface area contributed by atoms with Crippen LogP contribution in [0.15, 0.2) is 65.7 Å². The monoisotopic (exact) mass is 461 g/mol. The van der Waals surface area contributed by atoms with E-state index in [4.69, 9.17) is 23.2 Å². The molecule has 0 aliphatic heterocycles. The molecule has 0 saturated carbocycles. The minimum absolute atomic E-state index is 0.0471. The van der Waals surface area contributed by atoms with Gasteiger partial charge >= 0.3 is 0 Å². The van der Waals surface area contributed by atoms with Gasteiger partial charge in [-0.25, -0.2) is 8.42 Å². The molecule has 0 bridgehead atoms. The number of hydrogen-bond acceptors (Lipinski definition) is 5. The molecule has 0 spiro atoms. The smallest absolute Gasteiger partial charge is 0.248 e. The Labute approximate surface area is 183 Å². The number of nitrogens with one attached hydrogen (secondary N) is 1. The number of sulfonamides is 1. The first-order chi connectivity index (χ1) is 14.2. The van der Waals surface area contributed by atoms with Crippen LogP contribution in [0.25, 0.3) is 10.8 Å². The Hall–Kier alpha value is -2.94. The van der Waals surface area contributed by atoms with Crippen LogP contribution in [0.4, 0.5) is 11.6 Å². The Morgan fingerprint density at radius 3 is 2.50 bits per heavy atom. The number of rotatable bonds is 6. The number of hydrogen-bond donors (Lipinski definition) is 1. The Morgan fingerprint density at radius 1 is 1.10 bits per heavy atom. The first-order valence-corrected chi connectivity index (χ1v) is 10.7. The minimum Gasteiger partial charge on any atom is -0.366 e. The average Bonchev–Trinajstić information content (AvgIpc) is 2.67. The van der Waals surface area contributed by atoms with Crippen LogP contribution in [0.1, 0.15) is 11.3 Å². The molecule has 154 valence electrons. The normalized spacial score (nSPS) is 11.4. The van der Waals surface area contributed by atoms with Crippen LogP contribution in [0.2, 0.25) is 10.0 Å². The van der Waals surface area contributed by atoms with E-state index in [0.717, 1.165) is 0 Å². The second-order valence-corrected chi connectivity index (χ2v) is 8.52. The number of nitrogens with zero attached hydrogens (tertiary/aromatic N) is 3. The Kier molecular flexibility index (Phi) is 6.71. The zero-order valence-corrected chi connectivity index (χ0v) is 17.9. The van der Waals surface area contributed by atoms with Gasteiger partial charge in [0.05, 0.1) is 4.90 Å². The van der Waals surface area contributed by atoms with Crippen molar-refractivity contribution in [3.05, 3.63) is 86.8 Å². The largest absolute Gasteiger partial charge is 0.366 e. The van der Waals surface area contributed by atoms with Crippen molar-refractivity contribution < 1.29 is 13.2 Å². The Bertz CT molecular complexity index is 1210. The quantitative estimate of drug-likeness (QED) is 0.511. The van der Waals surface area contributed by atoms with Crippen LogP contribution in [0.3, 0.4) is 0 Å². The molecule has 1 amide bonds. The highest BCUT2D eigenvalue weighted by Crippen LogP contribution is 2.25. The molecule has 0 atom stereocenters. The maximum absolute atomic E-state index is 12.4. The number of anilines is 1. The number of halogens is 2. The van der Waals surface area contributed by atoms with Crippen LogP contribution >= 0.6 is 23.2 Å². The highest BCUT2D eigenvalue weighted by Gasteiger charge is 2.12. The van der Waals surface area contributed by atoms with Crippen LogP contribution in [0, 0.1) is 6.92 Å². The van der Waals surface area contributed by atoms with E-state index in [1.807, 2.05) is 0 Å². The van der Waals surface area contributed by atoms with Crippen molar-refractivity contribution in [2.24, 2.45) is 0 Å². The Balaban J connectivity index is 1.66. The number of aryl methyl sites for hydroxylation is 1. The van der Waals surface area contributed by atoms with Gasteiger partial charge < -0.3 is 15.3 Å². The number of aromatic nitrogens is 2. The zero-order chi connectivity index (χ0) is 21.7. The average molecular weight is 462 g/mol. The van der Waals surface area contributed by atoms with E-state index in [2.05, 4.69) is 20.0 Å². The lowest BCUT2D eigenvalue weighted by Gasteiger charge is -2.13. The molecule has 30 heavy (non-hydrogen) atoms. The van der Waals surface area contributed by atoms with Crippen LogP contribution < -0.4 is 5.32 Å². The number of benzene rings is 2.